The lowest BCUT2D eigenvalue weighted by molar-refractivity contribution is 0.101. The molecule has 1 aromatic carbocycles. The van der Waals surface area contributed by atoms with E-state index in [1.807, 2.05) is 24.3 Å². The highest BCUT2D eigenvalue weighted by Crippen LogP contribution is 2.26. The Balaban J connectivity index is 1.56. The zero-order chi connectivity index (χ0) is 21.8. The van der Waals surface area contributed by atoms with Gasteiger partial charge >= 0.3 is 0 Å². The smallest absolute Gasteiger partial charge is 0.263 e. The van der Waals surface area contributed by atoms with Gasteiger partial charge in [0.1, 0.15) is 16.3 Å². The molecule has 3 aromatic heterocycles. The molecule has 160 valence electrons. The molecule has 0 saturated heterocycles. The van der Waals surface area contributed by atoms with E-state index in [4.69, 9.17) is 14.1 Å². The van der Waals surface area contributed by atoms with Gasteiger partial charge in [-0.15, -0.1) is 11.3 Å². The number of benzene rings is 1. The molecule has 31 heavy (non-hydrogen) atoms. The van der Waals surface area contributed by atoms with Crippen molar-refractivity contribution in [3.63, 3.8) is 0 Å². The molecule has 4 aromatic rings. The zero-order valence-corrected chi connectivity index (χ0v) is 18.9. The van der Waals surface area contributed by atoms with Crippen molar-refractivity contribution in [2.24, 2.45) is 0 Å². The second-order valence-corrected chi connectivity index (χ2v) is 9.08. The van der Waals surface area contributed by atoms with Crippen LogP contribution in [0.25, 0.3) is 10.2 Å². The molecule has 8 heteroatoms. The van der Waals surface area contributed by atoms with Crippen LogP contribution < -0.4 is 10.3 Å². The Morgan fingerprint density at radius 1 is 1.26 bits per heavy atom. The van der Waals surface area contributed by atoms with Crippen LogP contribution in [-0.2, 0) is 13.0 Å². The molecule has 0 atom stereocenters. The monoisotopic (exact) mass is 454 g/mol. The fourth-order valence-electron chi connectivity index (χ4n) is 3.20. The number of thiophene rings is 1. The number of carbonyl (C=O) groups is 1. The van der Waals surface area contributed by atoms with Gasteiger partial charge in [-0.25, -0.2) is 4.98 Å². The molecule has 0 N–H and O–H groups in total. The van der Waals surface area contributed by atoms with Gasteiger partial charge in [0, 0.05) is 10.6 Å². The van der Waals surface area contributed by atoms with Gasteiger partial charge < -0.3 is 9.15 Å². The van der Waals surface area contributed by atoms with E-state index in [1.54, 1.807) is 40.4 Å². The highest BCUT2D eigenvalue weighted by atomic mass is 32.2. The molecule has 6 nitrogen and oxygen atoms in total. The van der Waals surface area contributed by atoms with Crippen LogP contribution in [0.1, 0.15) is 34.8 Å². The minimum atomic E-state index is -0.0670. The minimum Gasteiger partial charge on any atom is -0.492 e. The quantitative estimate of drug-likeness (QED) is 0.153. The summed E-state index contributed by atoms with van der Waals surface area (Å²) < 4.78 is 12.9. The van der Waals surface area contributed by atoms with Crippen molar-refractivity contribution in [1.82, 2.24) is 9.55 Å². The Morgan fingerprint density at radius 2 is 2.10 bits per heavy atom. The summed E-state index contributed by atoms with van der Waals surface area (Å²) in [5.41, 5.74) is 0.496. The molecule has 0 aliphatic rings. The second-order valence-electron chi connectivity index (χ2n) is 6.90. The fraction of sp³-hybridized carbons (Fsp3) is 0.261. The van der Waals surface area contributed by atoms with Gasteiger partial charge in [-0.2, -0.15) is 0 Å². The van der Waals surface area contributed by atoms with Gasteiger partial charge in [0.25, 0.3) is 5.56 Å². The van der Waals surface area contributed by atoms with E-state index in [-0.39, 0.29) is 11.3 Å². The molecule has 3 heterocycles. The third-order valence-electron chi connectivity index (χ3n) is 4.75. The fourth-order valence-corrected chi connectivity index (χ4v) is 5.02. The first kappa shape index (κ1) is 21.4. The number of furan rings is 1. The summed E-state index contributed by atoms with van der Waals surface area (Å²) in [6.45, 7) is 4.30. The highest BCUT2D eigenvalue weighted by Gasteiger charge is 2.16. The third kappa shape index (κ3) is 4.75. The van der Waals surface area contributed by atoms with Crippen LogP contribution in [0.4, 0.5) is 0 Å². The number of aryl methyl sites for hydroxylation is 1. The van der Waals surface area contributed by atoms with Crippen molar-refractivity contribution < 1.29 is 13.9 Å². The summed E-state index contributed by atoms with van der Waals surface area (Å²) in [5.74, 6) is 1.81. The summed E-state index contributed by atoms with van der Waals surface area (Å²) in [6, 6.07) is 12.8. The molecular formula is C23H22N2O4S2. The van der Waals surface area contributed by atoms with Crippen LogP contribution in [0.15, 0.2) is 63.1 Å². The number of thioether (sulfide) groups is 1. The Kier molecular flexibility index (Phi) is 6.58. The zero-order valence-electron chi connectivity index (χ0n) is 17.3. The lowest BCUT2D eigenvalue weighted by Gasteiger charge is -2.12. The van der Waals surface area contributed by atoms with Crippen LogP contribution in [0.5, 0.6) is 5.75 Å². The van der Waals surface area contributed by atoms with Gasteiger partial charge in [0.15, 0.2) is 10.9 Å². The maximum absolute atomic E-state index is 13.2. The number of ether oxygens (including phenoxy) is 1. The molecule has 0 amide bonds. The SMILES string of the molecule is CCc1cc2c(=O)n(Cc3ccco3)c(SCCOc3ccccc3C(C)=O)nc2s1. The van der Waals surface area contributed by atoms with Gasteiger partial charge in [0.2, 0.25) is 0 Å². The van der Waals surface area contributed by atoms with Gasteiger partial charge in [-0.3, -0.25) is 14.2 Å². The van der Waals surface area contributed by atoms with Crippen LogP contribution in [-0.4, -0.2) is 27.7 Å². The number of fused-ring (bicyclic) bond motifs is 1. The van der Waals surface area contributed by atoms with Crippen molar-refractivity contribution in [1.29, 1.82) is 0 Å². The van der Waals surface area contributed by atoms with Crippen molar-refractivity contribution in [3.8, 4) is 5.75 Å². The van der Waals surface area contributed by atoms with Crippen LogP contribution in [0, 0.1) is 0 Å². The number of aromatic nitrogens is 2. The number of carbonyl (C=O) groups excluding carboxylic acids is 1. The molecule has 0 aliphatic carbocycles. The molecule has 0 aliphatic heterocycles. The molecule has 0 saturated carbocycles. The Labute approximate surface area is 187 Å². The Hall–Kier alpha value is -2.84. The molecule has 0 bridgehead atoms. The maximum atomic E-state index is 13.2. The van der Waals surface area contributed by atoms with E-state index in [2.05, 4.69) is 6.92 Å². The average molecular weight is 455 g/mol. The number of para-hydroxylation sites is 1. The number of nitrogens with zero attached hydrogens (tertiary/aromatic N) is 2. The first-order valence-corrected chi connectivity index (χ1v) is 11.8. The summed E-state index contributed by atoms with van der Waals surface area (Å²) >= 11 is 3.01. The molecule has 0 unspecified atom stereocenters. The topological polar surface area (TPSA) is 74.3 Å². The number of ketones is 1. The van der Waals surface area contributed by atoms with Crippen LogP contribution >= 0.6 is 23.1 Å². The minimum absolute atomic E-state index is 0.0351. The summed E-state index contributed by atoms with van der Waals surface area (Å²) in [4.78, 5) is 31.6. The molecule has 4 rings (SSSR count). The van der Waals surface area contributed by atoms with Crippen molar-refractivity contribution in [2.45, 2.75) is 32.0 Å². The lowest BCUT2D eigenvalue weighted by atomic mass is 10.1. The standard InChI is InChI=1S/C23H22N2O4S2/c1-3-17-13-19-21(31-17)24-23(25(22(19)27)14-16-7-6-10-28-16)30-12-11-29-20-9-5-4-8-18(20)15(2)26/h4-10,13H,3,11-12,14H2,1-2H3. The van der Waals surface area contributed by atoms with Gasteiger partial charge in [-0.1, -0.05) is 30.8 Å². The number of hydrogen-bond acceptors (Lipinski definition) is 7. The first-order valence-electron chi connectivity index (χ1n) is 9.98. The van der Waals surface area contributed by atoms with E-state index in [0.29, 0.717) is 46.5 Å². The molecule has 0 spiro atoms. The summed E-state index contributed by atoms with van der Waals surface area (Å²) in [7, 11) is 0. The van der Waals surface area contributed by atoms with Crippen LogP contribution in [0.2, 0.25) is 0 Å². The summed E-state index contributed by atoms with van der Waals surface area (Å²) in [5, 5.41) is 1.27. The molecule has 0 fully saturated rings. The van der Waals surface area contributed by atoms with Gasteiger partial charge in [0.05, 0.1) is 30.4 Å². The number of rotatable bonds is 9. The Morgan fingerprint density at radius 3 is 2.84 bits per heavy atom. The van der Waals surface area contributed by atoms with E-state index in [1.165, 1.54) is 18.7 Å². The van der Waals surface area contributed by atoms with Crippen molar-refractivity contribution in [2.75, 3.05) is 12.4 Å². The molecular weight excluding hydrogens is 432 g/mol. The summed E-state index contributed by atoms with van der Waals surface area (Å²) in [6.07, 6.45) is 2.46. The predicted octanol–water partition coefficient (Wildman–Crippen LogP) is 5.04. The maximum Gasteiger partial charge on any atom is 0.263 e. The second kappa shape index (κ2) is 9.53. The largest absolute Gasteiger partial charge is 0.492 e. The first-order chi connectivity index (χ1) is 15.1. The lowest BCUT2D eigenvalue weighted by Crippen LogP contribution is -2.23. The van der Waals surface area contributed by atoms with E-state index in [0.717, 1.165) is 16.1 Å². The van der Waals surface area contributed by atoms with E-state index in [9.17, 15) is 9.59 Å². The van der Waals surface area contributed by atoms with E-state index < -0.39 is 0 Å². The van der Waals surface area contributed by atoms with Crippen molar-refractivity contribution in [3.05, 3.63) is 75.3 Å². The van der Waals surface area contributed by atoms with Crippen LogP contribution in [0.3, 0.4) is 0 Å². The molecule has 0 radical (unpaired) electrons. The van der Waals surface area contributed by atoms with E-state index >= 15 is 0 Å². The average Bonchev–Trinajstić information content (AvgIpc) is 3.43. The third-order valence-corrected chi connectivity index (χ3v) is 6.86. The van der Waals surface area contributed by atoms with Gasteiger partial charge in [-0.05, 0) is 43.7 Å². The number of hydrogen-bond donors (Lipinski definition) is 0. The number of Topliss-reactive ketones (excluding diaryl/α,β-unsaturated/α-hetero) is 1. The Bertz CT molecular complexity index is 1260. The predicted molar refractivity (Wildman–Crippen MR) is 124 cm³/mol. The normalized spacial score (nSPS) is 11.2. The van der Waals surface area contributed by atoms with Crippen molar-refractivity contribution >= 4 is 39.1 Å². The highest BCUT2D eigenvalue weighted by molar-refractivity contribution is 7.99.